The van der Waals surface area contributed by atoms with Crippen molar-refractivity contribution in [1.82, 2.24) is 10.2 Å². The zero-order chi connectivity index (χ0) is 14.7. The van der Waals surface area contributed by atoms with Crippen molar-refractivity contribution < 1.29 is 14.7 Å². The predicted octanol–water partition coefficient (Wildman–Crippen LogP) is 1.65. The Morgan fingerprint density at radius 3 is 2.70 bits per heavy atom. The zero-order valence-corrected chi connectivity index (χ0v) is 11.8. The van der Waals surface area contributed by atoms with Crippen molar-refractivity contribution >= 4 is 11.9 Å². The van der Waals surface area contributed by atoms with Gasteiger partial charge in [0.1, 0.15) is 6.04 Å². The molecule has 1 fully saturated rings. The van der Waals surface area contributed by atoms with Crippen LogP contribution in [0.4, 0.5) is 4.79 Å². The number of nitrogens with zero attached hydrogens (tertiary/aromatic N) is 1. The van der Waals surface area contributed by atoms with Crippen LogP contribution in [-0.4, -0.2) is 28.0 Å². The van der Waals surface area contributed by atoms with Crippen molar-refractivity contribution in [2.24, 2.45) is 5.92 Å². The van der Waals surface area contributed by atoms with Crippen LogP contribution in [0.25, 0.3) is 0 Å². The molecule has 1 saturated heterocycles. The molecule has 1 aromatic carbocycles. The van der Waals surface area contributed by atoms with Gasteiger partial charge in [-0.1, -0.05) is 44.5 Å². The molecule has 3 amide bonds. The summed E-state index contributed by atoms with van der Waals surface area (Å²) in [4.78, 5) is 25.4. The first kappa shape index (κ1) is 14.5. The number of carbonyl (C=O) groups excluding carboxylic acids is 2. The number of aliphatic hydroxyl groups excluding tert-OH is 1. The first-order chi connectivity index (χ1) is 9.56. The number of benzene rings is 1. The Hall–Kier alpha value is -1.88. The number of imide groups is 1. The molecule has 0 saturated carbocycles. The van der Waals surface area contributed by atoms with Crippen LogP contribution in [0, 0.1) is 5.92 Å². The summed E-state index contributed by atoms with van der Waals surface area (Å²) in [5.41, 5.74) is 1.61. The third-order valence-corrected chi connectivity index (χ3v) is 3.78. The van der Waals surface area contributed by atoms with Crippen molar-refractivity contribution in [2.45, 2.75) is 39.5 Å². The highest BCUT2D eigenvalue weighted by Gasteiger charge is 2.40. The summed E-state index contributed by atoms with van der Waals surface area (Å²) in [6.07, 6.45) is 0.838. The van der Waals surface area contributed by atoms with E-state index in [4.69, 9.17) is 5.11 Å². The highest BCUT2D eigenvalue weighted by atomic mass is 16.3. The van der Waals surface area contributed by atoms with Gasteiger partial charge in [0.15, 0.2) is 0 Å². The van der Waals surface area contributed by atoms with Gasteiger partial charge < -0.3 is 10.4 Å². The lowest BCUT2D eigenvalue weighted by Gasteiger charge is -2.16. The number of nitrogens with one attached hydrogen (secondary N) is 1. The van der Waals surface area contributed by atoms with Gasteiger partial charge in [-0.25, -0.2) is 4.79 Å². The number of amides is 3. The molecule has 1 aliphatic rings. The van der Waals surface area contributed by atoms with Gasteiger partial charge in [0.2, 0.25) is 0 Å². The summed E-state index contributed by atoms with van der Waals surface area (Å²) in [5, 5.41) is 11.9. The van der Waals surface area contributed by atoms with Crippen molar-refractivity contribution in [2.75, 3.05) is 0 Å². The highest BCUT2D eigenvalue weighted by molar-refractivity contribution is 6.04. The van der Waals surface area contributed by atoms with Crippen LogP contribution in [-0.2, 0) is 17.9 Å². The average molecular weight is 276 g/mol. The first-order valence-corrected chi connectivity index (χ1v) is 6.87. The van der Waals surface area contributed by atoms with E-state index < -0.39 is 6.04 Å². The lowest BCUT2D eigenvalue weighted by atomic mass is 9.99. The summed E-state index contributed by atoms with van der Waals surface area (Å²) in [6, 6.07) is 6.50. The van der Waals surface area contributed by atoms with Gasteiger partial charge in [0.05, 0.1) is 13.2 Å². The van der Waals surface area contributed by atoms with Crippen LogP contribution in [0.15, 0.2) is 24.3 Å². The Labute approximate surface area is 118 Å². The van der Waals surface area contributed by atoms with Crippen LogP contribution in [0.2, 0.25) is 0 Å². The summed E-state index contributed by atoms with van der Waals surface area (Å²) >= 11 is 0. The van der Waals surface area contributed by atoms with Gasteiger partial charge in [-0.05, 0) is 17.0 Å². The molecule has 0 spiro atoms. The summed E-state index contributed by atoms with van der Waals surface area (Å²) in [5.74, 6) is -0.0426. The van der Waals surface area contributed by atoms with Crippen LogP contribution >= 0.6 is 0 Å². The second-order valence-corrected chi connectivity index (χ2v) is 5.22. The minimum Gasteiger partial charge on any atom is -0.392 e. The van der Waals surface area contributed by atoms with Gasteiger partial charge in [-0.15, -0.1) is 0 Å². The summed E-state index contributed by atoms with van der Waals surface area (Å²) in [7, 11) is 0. The Morgan fingerprint density at radius 2 is 2.05 bits per heavy atom. The molecule has 0 radical (unpaired) electrons. The molecule has 5 heteroatoms. The molecule has 1 aromatic rings. The molecule has 1 aliphatic heterocycles. The first-order valence-electron chi connectivity index (χ1n) is 6.87. The van der Waals surface area contributed by atoms with Gasteiger partial charge in [0, 0.05) is 0 Å². The van der Waals surface area contributed by atoms with E-state index in [1.165, 1.54) is 4.90 Å². The topological polar surface area (TPSA) is 69.6 Å². The maximum atomic E-state index is 12.3. The molecule has 2 rings (SSSR count). The number of carbonyl (C=O) groups is 2. The molecule has 20 heavy (non-hydrogen) atoms. The van der Waals surface area contributed by atoms with Gasteiger partial charge >= 0.3 is 6.03 Å². The van der Waals surface area contributed by atoms with E-state index in [0.717, 1.165) is 17.5 Å². The summed E-state index contributed by atoms with van der Waals surface area (Å²) < 4.78 is 0. The zero-order valence-electron chi connectivity index (χ0n) is 11.8. The van der Waals surface area contributed by atoms with E-state index >= 15 is 0 Å². The van der Waals surface area contributed by atoms with Crippen molar-refractivity contribution in [3.63, 3.8) is 0 Å². The lowest BCUT2D eigenvalue weighted by Crippen LogP contribution is -2.35. The van der Waals surface area contributed by atoms with Crippen molar-refractivity contribution in [1.29, 1.82) is 0 Å². The highest BCUT2D eigenvalue weighted by Crippen LogP contribution is 2.19. The smallest absolute Gasteiger partial charge is 0.325 e. The molecular weight excluding hydrogens is 256 g/mol. The fourth-order valence-electron chi connectivity index (χ4n) is 2.32. The Balaban J connectivity index is 2.13. The van der Waals surface area contributed by atoms with Crippen LogP contribution in [0.3, 0.4) is 0 Å². The maximum absolute atomic E-state index is 12.3. The fraction of sp³-hybridized carbons (Fsp3) is 0.467. The van der Waals surface area contributed by atoms with Gasteiger partial charge in [-0.3, -0.25) is 9.69 Å². The Bertz CT molecular complexity index is 516. The molecule has 0 unspecified atom stereocenters. The monoisotopic (exact) mass is 276 g/mol. The minimum atomic E-state index is -0.423. The largest absolute Gasteiger partial charge is 0.392 e. The molecule has 2 atom stereocenters. The van der Waals surface area contributed by atoms with Crippen LogP contribution in [0.1, 0.15) is 31.4 Å². The number of urea groups is 1. The second-order valence-electron chi connectivity index (χ2n) is 5.22. The SMILES string of the molecule is CC[C@H](C)[C@@H]1NC(=O)N(Cc2cccc(CO)c2)C1=O. The number of aliphatic hydroxyl groups is 1. The molecule has 0 aromatic heterocycles. The second kappa shape index (κ2) is 6.05. The van der Waals surface area contributed by atoms with E-state index in [9.17, 15) is 9.59 Å². The van der Waals surface area contributed by atoms with E-state index in [0.29, 0.717) is 0 Å². The van der Waals surface area contributed by atoms with Gasteiger partial charge in [0.25, 0.3) is 5.91 Å². The maximum Gasteiger partial charge on any atom is 0.325 e. The van der Waals surface area contributed by atoms with E-state index in [1.54, 1.807) is 12.1 Å². The number of hydrogen-bond acceptors (Lipinski definition) is 3. The molecule has 0 bridgehead atoms. The normalized spacial score (nSPS) is 20.1. The minimum absolute atomic E-state index is 0.0521. The molecular formula is C15H20N2O3. The van der Waals surface area contributed by atoms with E-state index in [-0.39, 0.29) is 31.0 Å². The fourth-order valence-corrected chi connectivity index (χ4v) is 2.32. The predicted molar refractivity (Wildman–Crippen MR) is 74.7 cm³/mol. The Morgan fingerprint density at radius 1 is 1.35 bits per heavy atom. The third-order valence-electron chi connectivity index (χ3n) is 3.78. The molecule has 2 N–H and O–H groups in total. The Kier molecular flexibility index (Phi) is 4.39. The number of hydrogen-bond donors (Lipinski definition) is 2. The number of rotatable bonds is 5. The standard InChI is InChI=1S/C15H20N2O3/c1-3-10(2)13-14(19)17(15(20)16-13)8-11-5-4-6-12(7-11)9-18/h4-7,10,13,18H,3,8-9H2,1-2H3,(H,16,20)/t10-,13-/m0/s1. The lowest BCUT2D eigenvalue weighted by molar-refractivity contribution is -0.128. The van der Waals surface area contributed by atoms with Crippen molar-refractivity contribution in [3.8, 4) is 0 Å². The van der Waals surface area contributed by atoms with E-state index in [2.05, 4.69) is 5.32 Å². The molecule has 5 nitrogen and oxygen atoms in total. The quantitative estimate of drug-likeness (QED) is 0.803. The van der Waals surface area contributed by atoms with Crippen molar-refractivity contribution in [3.05, 3.63) is 35.4 Å². The summed E-state index contributed by atoms with van der Waals surface area (Å²) in [6.45, 7) is 4.14. The third kappa shape index (κ3) is 2.82. The van der Waals surface area contributed by atoms with Crippen LogP contribution in [0.5, 0.6) is 0 Å². The average Bonchev–Trinajstić information content (AvgIpc) is 2.75. The molecule has 1 heterocycles. The van der Waals surface area contributed by atoms with E-state index in [1.807, 2.05) is 26.0 Å². The van der Waals surface area contributed by atoms with Crippen LogP contribution < -0.4 is 5.32 Å². The molecule has 108 valence electrons. The molecule has 0 aliphatic carbocycles. The van der Waals surface area contributed by atoms with Gasteiger partial charge in [-0.2, -0.15) is 0 Å².